The summed E-state index contributed by atoms with van der Waals surface area (Å²) in [7, 11) is -0.771. The van der Waals surface area contributed by atoms with Crippen LogP contribution in [0.15, 0.2) is 38.8 Å². The van der Waals surface area contributed by atoms with Gasteiger partial charge in [0.05, 0.1) is 15.6 Å². The molecule has 0 saturated carbocycles. The molecule has 0 spiro atoms. The van der Waals surface area contributed by atoms with E-state index in [1.807, 2.05) is 0 Å². The summed E-state index contributed by atoms with van der Waals surface area (Å²) < 4.78 is 40.3. The molecule has 7 nitrogen and oxygen atoms in total. The van der Waals surface area contributed by atoms with Crippen molar-refractivity contribution >= 4 is 50.6 Å². The molecule has 0 atom stereocenters. The van der Waals surface area contributed by atoms with Gasteiger partial charge in [-0.15, -0.1) is 23.1 Å². The van der Waals surface area contributed by atoms with Gasteiger partial charge in [0, 0.05) is 26.2 Å². The Morgan fingerprint density at radius 3 is 2.71 bits per heavy atom. The highest BCUT2D eigenvalue weighted by atomic mass is 32.3. The number of rotatable bonds is 6. The van der Waals surface area contributed by atoms with Gasteiger partial charge < -0.3 is 10.2 Å². The minimum absolute atomic E-state index is 0.000953. The number of carbonyl (C=O) groups excluding carboxylic acids is 2. The first kappa shape index (κ1) is 20.8. The first-order valence-corrected chi connectivity index (χ1v) is 11.4. The van der Waals surface area contributed by atoms with Gasteiger partial charge in [0.25, 0.3) is 10.0 Å². The minimum Gasteiger partial charge on any atom is -0.350 e. The third kappa shape index (κ3) is 4.22. The number of amides is 2. The molecule has 0 unspecified atom stereocenters. The molecule has 0 bridgehead atoms. The molecule has 11 heteroatoms. The molecule has 28 heavy (non-hydrogen) atoms. The van der Waals surface area contributed by atoms with Crippen LogP contribution >= 0.6 is 23.1 Å². The summed E-state index contributed by atoms with van der Waals surface area (Å²) in [5.74, 6) is -1.05. The molecule has 0 aliphatic carbocycles. The molecule has 0 fully saturated rings. The van der Waals surface area contributed by atoms with E-state index in [2.05, 4.69) is 5.32 Å². The van der Waals surface area contributed by atoms with E-state index in [0.29, 0.717) is 15.5 Å². The lowest BCUT2D eigenvalue weighted by atomic mass is 10.2. The van der Waals surface area contributed by atoms with Crippen molar-refractivity contribution in [3.8, 4) is 0 Å². The summed E-state index contributed by atoms with van der Waals surface area (Å²) in [6.45, 7) is -0.266. The number of nitrogens with zero attached hydrogens (tertiary/aromatic N) is 2. The van der Waals surface area contributed by atoms with Crippen molar-refractivity contribution in [1.82, 2.24) is 9.62 Å². The van der Waals surface area contributed by atoms with Crippen molar-refractivity contribution in [3.63, 3.8) is 0 Å². The number of thiophene rings is 1. The van der Waals surface area contributed by atoms with Crippen molar-refractivity contribution in [2.45, 2.75) is 15.0 Å². The van der Waals surface area contributed by atoms with Crippen molar-refractivity contribution in [3.05, 3.63) is 41.7 Å². The first-order valence-electron chi connectivity index (χ1n) is 8.20. The second-order valence-corrected chi connectivity index (χ2v) is 10.8. The number of thioether (sulfide) groups is 1. The second kappa shape index (κ2) is 8.19. The van der Waals surface area contributed by atoms with Gasteiger partial charge in [-0.05, 0) is 12.1 Å². The predicted octanol–water partition coefficient (Wildman–Crippen LogP) is 1.89. The summed E-state index contributed by atoms with van der Waals surface area (Å²) in [6.07, 6.45) is 0. The summed E-state index contributed by atoms with van der Waals surface area (Å²) in [5, 5.41) is 2.59. The van der Waals surface area contributed by atoms with Crippen LogP contribution in [-0.2, 0) is 26.2 Å². The Labute approximate surface area is 170 Å². The molecule has 1 aromatic carbocycles. The highest BCUT2D eigenvalue weighted by molar-refractivity contribution is 8.02. The molecule has 2 aromatic rings. The average Bonchev–Trinajstić information content (AvgIpc) is 3.08. The standard InChI is InChI=1S/C17H18FN3O4S3/c1-20(2)28(24,25)16-7-13-17(27-16)26-10-15(23)21(13)9-14(22)19-8-11-5-3-4-6-12(11)18/h3-7H,8-10H2,1-2H3,(H,19,22). The zero-order valence-electron chi connectivity index (χ0n) is 15.1. The van der Waals surface area contributed by atoms with Crippen molar-refractivity contribution in [2.24, 2.45) is 0 Å². The quantitative estimate of drug-likeness (QED) is 0.737. The Bertz CT molecular complexity index is 1020. The molecule has 0 radical (unpaired) electrons. The number of fused-ring (bicyclic) bond motifs is 1. The van der Waals surface area contributed by atoms with E-state index < -0.39 is 21.7 Å². The lowest BCUT2D eigenvalue weighted by Gasteiger charge is -2.25. The molecular formula is C17H18FN3O4S3. The van der Waals surface area contributed by atoms with Gasteiger partial charge in [-0.1, -0.05) is 18.2 Å². The highest BCUT2D eigenvalue weighted by Crippen LogP contribution is 2.43. The monoisotopic (exact) mass is 443 g/mol. The van der Waals surface area contributed by atoms with Crippen LogP contribution in [0.5, 0.6) is 0 Å². The smallest absolute Gasteiger partial charge is 0.252 e. The van der Waals surface area contributed by atoms with E-state index in [1.54, 1.807) is 18.2 Å². The fourth-order valence-corrected chi connectivity index (χ4v) is 6.42. The van der Waals surface area contributed by atoms with E-state index in [0.717, 1.165) is 15.6 Å². The van der Waals surface area contributed by atoms with Crippen LogP contribution < -0.4 is 10.2 Å². The average molecular weight is 444 g/mol. The molecule has 0 saturated heterocycles. The lowest BCUT2D eigenvalue weighted by Crippen LogP contribution is -2.42. The van der Waals surface area contributed by atoms with E-state index in [1.165, 1.54) is 42.9 Å². The number of nitrogens with one attached hydrogen (secondary N) is 1. The van der Waals surface area contributed by atoms with Gasteiger partial charge in [0.1, 0.15) is 16.6 Å². The molecule has 1 aliphatic heterocycles. The predicted molar refractivity (Wildman–Crippen MR) is 107 cm³/mol. The van der Waals surface area contributed by atoms with Gasteiger partial charge in [-0.2, -0.15) is 0 Å². The number of hydrogen-bond acceptors (Lipinski definition) is 6. The Morgan fingerprint density at radius 1 is 1.32 bits per heavy atom. The van der Waals surface area contributed by atoms with Gasteiger partial charge in [-0.25, -0.2) is 17.1 Å². The van der Waals surface area contributed by atoms with Crippen LogP contribution in [0.3, 0.4) is 0 Å². The zero-order valence-corrected chi connectivity index (χ0v) is 17.6. The Hall–Kier alpha value is -1.95. The number of hydrogen-bond donors (Lipinski definition) is 1. The fourth-order valence-electron chi connectivity index (χ4n) is 2.49. The van der Waals surface area contributed by atoms with Crippen LogP contribution in [0.2, 0.25) is 0 Å². The molecule has 3 rings (SSSR count). The second-order valence-electron chi connectivity index (χ2n) is 6.16. The van der Waals surface area contributed by atoms with Crippen molar-refractivity contribution < 1.29 is 22.4 Å². The molecule has 1 aliphatic rings. The third-order valence-corrected chi connectivity index (χ3v) is 8.70. The molecule has 2 heterocycles. The molecule has 1 aromatic heterocycles. The SMILES string of the molecule is CN(C)S(=O)(=O)c1cc2c(s1)SCC(=O)N2CC(=O)NCc1ccccc1F. The van der Waals surface area contributed by atoms with E-state index in [9.17, 15) is 22.4 Å². The van der Waals surface area contributed by atoms with Crippen LogP contribution in [0.4, 0.5) is 10.1 Å². The largest absolute Gasteiger partial charge is 0.350 e. The molecule has 1 N–H and O–H groups in total. The van der Waals surface area contributed by atoms with Gasteiger partial charge >= 0.3 is 0 Å². The van der Waals surface area contributed by atoms with Gasteiger partial charge in [0.15, 0.2) is 0 Å². The molecular weight excluding hydrogens is 425 g/mol. The van der Waals surface area contributed by atoms with E-state index >= 15 is 0 Å². The fraction of sp³-hybridized carbons (Fsp3) is 0.294. The first-order chi connectivity index (χ1) is 13.2. The minimum atomic E-state index is -3.63. The zero-order chi connectivity index (χ0) is 20.5. The summed E-state index contributed by atoms with van der Waals surface area (Å²) in [6, 6.07) is 7.51. The summed E-state index contributed by atoms with van der Waals surface area (Å²) in [4.78, 5) is 25.9. The number of benzene rings is 1. The van der Waals surface area contributed by atoms with Crippen LogP contribution in [0, 0.1) is 5.82 Å². The summed E-state index contributed by atoms with van der Waals surface area (Å²) in [5.41, 5.74) is 0.750. The highest BCUT2D eigenvalue weighted by Gasteiger charge is 2.32. The Kier molecular flexibility index (Phi) is 6.08. The van der Waals surface area contributed by atoms with Crippen LogP contribution in [0.1, 0.15) is 5.56 Å². The van der Waals surface area contributed by atoms with Gasteiger partial charge in [0.2, 0.25) is 11.8 Å². The number of carbonyl (C=O) groups is 2. The van der Waals surface area contributed by atoms with Crippen molar-refractivity contribution in [2.75, 3.05) is 31.3 Å². The summed E-state index contributed by atoms with van der Waals surface area (Å²) >= 11 is 2.33. The van der Waals surface area contributed by atoms with Crippen LogP contribution in [-0.4, -0.2) is 50.9 Å². The third-order valence-electron chi connectivity index (χ3n) is 4.05. The lowest BCUT2D eigenvalue weighted by molar-refractivity contribution is -0.123. The van der Waals surface area contributed by atoms with E-state index in [4.69, 9.17) is 0 Å². The van der Waals surface area contributed by atoms with E-state index in [-0.39, 0.29) is 29.0 Å². The van der Waals surface area contributed by atoms with Gasteiger partial charge in [-0.3, -0.25) is 9.59 Å². The number of anilines is 1. The maximum atomic E-state index is 13.7. The maximum absolute atomic E-state index is 13.7. The van der Waals surface area contributed by atoms with Crippen molar-refractivity contribution in [1.29, 1.82) is 0 Å². The molecule has 150 valence electrons. The Balaban J connectivity index is 1.76. The number of sulfonamides is 1. The normalized spacial score (nSPS) is 14.3. The Morgan fingerprint density at radius 2 is 2.04 bits per heavy atom. The maximum Gasteiger partial charge on any atom is 0.252 e. The topological polar surface area (TPSA) is 86.8 Å². The number of halogens is 1. The molecule has 2 amide bonds. The van der Waals surface area contributed by atoms with Crippen LogP contribution in [0.25, 0.3) is 0 Å².